The molecular formula is C21H24BrClN2O4S. The zero-order chi connectivity index (χ0) is 22.3. The molecule has 162 valence electrons. The molecular weight excluding hydrogens is 492 g/mol. The number of benzene rings is 2. The first kappa shape index (κ1) is 23.1. The molecule has 3 N–H and O–H groups in total. The third kappa shape index (κ3) is 4.51. The maximum absolute atomic E-state index is 13.5. The molecule has 30 heavy (non-hydrogen) atoms. The molecule has 2 aromatic carbocycles. The number of carbonyl (C=O) groups excluding carboxylic acids is 1. The molecule has 1 aliphatic carbocycles. The van der Waals surface area contributed by atoms with Gasteiger partial charge in [-0.25, -0.2) is 13.2 Å². The van der Waals surface area contributed by atoms with E-state index in [0.29, 0.717) is 5.02 Å². The van der Waals surface area contributed by atoms with Crippen LogP contribution in [0.5, 0.6) is 0 Å². The first-order chi connectivity index (χ1) is 13.9. The summed E-state index contributed by atoms with van der Waals surface area (Å²) in [4.78, 5) is 12.7. The molecule has 1 saturated carbocycles. The van der Waals surface area contributed by atoms with Gasteiger partial charge in [0.25, 0.3) is 0 Å². The molecule has 3 rings (SSSR count). The number of hydrogen-bond acceptors (Lipinski definition) is 5. The Labute approximate surface area is 190 Å². The van der Waals surface area contributed by atoms with E-state index in [1.807, 2.05) is 24.3 Å². The van der Waals surface area contributed by atoms with Gasteiger partial charge in [0.05, 0.1) is 10.4 Å². The minimum absolute atomic E-state index is 0.0650. The van der Waals surface area contributed by atoms with Crippen LogP contribution < -0.4 is 11.1 Å². The number of ether oxygens (including phenoxy) is 1. The number of carbonyl (C=O) groups is 1. The second-order valence-electron chi connectivity index (χ2n) is 8.32. The van der Waals surface area contributed by atoms with Gasteiger partial charge in [-0.05, 0) is 62.7 Å². The Morgan fingerprint density at radius 1 is 1.17 bits per heavy atom. The summed E-state index contributed by atoms with van der Waals surface area (Å²) in [6.07, 6.45) is -0.705. The van der Waals surface area contributed by atoms with Crippen molar-refractivity contribution in [2.75, 3.05) is 6.54 Å². The second kappa shape index (κ2) is 8.15. The number of sulfone groups is 1. The molecule has 1 aliphatic rings. The fraction of sp³-hybridized carbons (Fsp3) is 0.381. The van der Waals surface area contributed by atoms with Gasteiger partial charge in [-0.3, -0.25) is 0 Å². The van der Waals surface area contributed by atoms with E-state index < -0.39 is 38.2 Å². The lowest BCUT2D eigenvalue weighted by atomic mass is 10.1. The van der Waals surface area contributed by atoms with E-state index in [1.54, 1.807) is 20.8 Å². The monoisotopic (exact) mass is 514 g/mol. The number of nitrogens with two attached hydrogens (primary N) is 1. The lowest BCUT2D eigenvalue weighted by molar-refractivity contribution is 0.0497. The van der Waals surface area contributed by atoms with Crippen LogP contribution in [0.25, 0.3) is 0 Å². The topological polar surface area (TPSA) is 98.5 Å². The number of hydrogen-bond donors (Lipinski definition) is 2. The van der Waals surface area contributed by atoms with Crippen molar-refractivity contribution in [3.63, 3.8) is 0 Å². The van der Waals surface area contributed by atoms with Gasteiger partial charge < -0.3 is 15.8 Å². The van der Waals surface area contributed by atoms with Gasteiger partial charge in [-0.1, -0.05) is 39.7 Å². The molecule has 0 bridgehead atoms. The van der Waals surface area contributed by atoms with Crippen LogP contribution in [0.3, 0.4) is 0 Å². The Kier molecular flexibility index (Phi) is 6.26. The van der Waals surface area contributed by atoms with E-state index in [1.165, 1.54) is 24.3 Å². The molecule has 0 radical (unpaired) electrons. The fourth-order valence-corrected chi connectivity index (χ4v) is 6.44. The Balaban J connectivity index is 2.03. The highest BCUT2D eigenvalue weighted by Gasteiger charge is 2.71. The van der Waals surface area contributed by atoms with E-state index in [0.717, 1.165) is 10.0 Å². The number of rotatable bonds is 5. The highest BCUT2D eigenvalue weighted by atomic mass is 79.9. The van der Waals surface area contributed by atoms with Gasteiger partial charge in [0.1, 0.15) is 10.9 Å². The summed E-state index contributed by atoms with van der Waals surface area (Å²) in [7, 11) is -3.82. The van der Waals surface area contributed by atoms with Gasteiger partial charge in [-0.15, -0.1) is 0 Å². The van der Waals surface area contributed by atoms with Crippen LogP contribution in [0.15, 0.2) is 57.9 Å². The molecule has 0 unspecified atom stereocenters. The maximum Gasteiger partial charge on any atom is 0.408 e. The standard InChI is InChI=1S/C21H24BrClN2O4S/c1-20(2,3)29-19(26)25-21(12-24)17(13-4-6-14(22)7-5-13)18(21)30(27,28)16-10-8-15(23)9-11-16/h4-11,17-18H,12,24H2,1-3H3,(H,25,26)/t17-,18-,21+/m0/s1. The van der Waals surface area contributed by atoms with Crippen molar-refractivity contribution in [1.29, 1.82) is 0 Å². The number of halogens is 2. The largest absolute Gasteiger partial charge is 0.444 e. The van der Waals surface area contributed by atoms with Crippen molar-refractivity contribution in [2.24, 2.45) is 5.73 Å². The summed E-state index contributed by atoms with van der Waals surface area (Å²) in [5.41, 5.74) is 4.91. The molecule has 1 fully saturated rings. The minimum atomic E-state index is -3.82. The van der Waals surface area contributed by atoms with E-state index in [9.17, 15) is 13.2 Å². The third-order valence-corrected chi connectivity index (χ3v) is 8.10. The SMILES string of the molecule is CC(C)(C)OC(=O)N[C@]1(CN)[C@@H](c2ccc(Br)cc2)[C@@H]1S(=O)(=O)c1ccc(Cl)cc1. The normalized spacial score (nSPS) is 23.7. The smallest absolute Gasteiger partial charge is 0.408 e. The van der Waals surface area contributed by atoms with Crippen LogP contribution in [0.4, 0.5) is 4.79 Å². The average Bonchev–Trinajstić information content (AvgIpc) is 3.30. The molecule has 9 heteroatoms. The summed E-state index contributed by atoms with van der Waals surface area (Å²) in [5.74, 6) is -0.524. The summed E-state index contributed by atoms with van der Waals surface area (Å²) < 4.78 is 33.2. The molecule has 0 heterocycles. The summed E-state index contributed by atoms with van der Waals surface area (Å²) >= 11 is 9.30. The van der Waals surface area contributed by atoms with Gasteiger partial charge in [-0.2, -0.15) is 0 Å². The van der Waals surface area contributed by atoms with Crippen molar-refractivity contribution in [3.05, 3.63) is 63.6 Å². The fourth-order valence-electron chi connectivity index (χ4n) is 3.71. The molecule has 0 aliphatic heterocycles. The van der Waals surface area contributed by atoms with Gasteiger partial charge >= 0.3 is 6.09 Å². The summed E-state index contributed by atoms with van der Waals surface area (Å²) in [6.45, 7) is 5.15. The number of nitrogens with one attached hydrogen (secondary N) is 1. The number of alkyl carbamates (subject to hydrolysis) is 1. The molecule has 2 aromatic rings. The molecule has 0 spiro atoms. The maximum atomic E-state index is 13.5. The molecule has 0 saturated heterocycles. The Bertz CT molecular complexity index is 1040. The predicted octanol–water partition coefficient (Wildman–Crippen LogP) is 4.26. The quantitative estimate of drug-likeness (QED) is 0.620. The molecule has 3 atom stereocenters. The van der Waals surface area contributed by atoms with Crippen LogP contribution in [-0.2, 0) is 14.6 Å². The Hall–Kier alpha value is -1.61. The van der Waals surface area contributed by atoms with E-state index >= 15 is 0 Å². The molecule has 6 nitrogen and oxygen atoms in total. The second-order valence-corrected chi connectivity index (χ2v) is 11.7. The number of amides is 1. The van der Waals surface area contributed by atoms with Gasteiger partial charge in [0.15, 0.2) is 9.84 Å². The minimum Gasteiger partial charge on any atom is -0.444 e. The van der Waals surface area contributed by atoms with Crippen molar-refractivity contribution < 1.29 is 17.9 Å². The first-order valence-electron chi connectivity index (χ1n) is 9.37. The van der Waals surface area contributed by atoms with E-state index in [2.05, 4.69) is 21.2 Å². The Morgan fingerprint density at radius 3 is 2.23 bits per heavy atom. The van der Waals surface area contributed by atoms with Gasteiger partial charge in [0.2, 0.25) is 0 Å². The molecule has 0 aromatic heterocycles. The molecule has 1 amide bonds. The first-order valence-corrected chi connectivity index (χ1v) is 12.1. The highest BCUT2D eigenvalue weighted by molar-refractivity contribution is 9.10. The van der Waals surface area contributed by atoms with Crippen LogP contribution in [0.1, 0.15) is 32.3 Å². The van der Waals surface area contributed by atoms with Crippen LogP contribution in [0.2, 0.25) is 5.02 Å². The zero-order valence-electron chi connectivity index (χ0n) is 16.9. The van der Waals surface area contributed by atoms with Crippen molar-refractivity contribution in [3.8, 4) is 0 Å². The average molecular weight is 516 g/mol. The van der Waals surface area contributed by atoms with Crippen molar-refractivity contribution in [1.82, 2.24) is 5.32 Å². The summed E-state index contributed by atoms with van der Waals surface area (Å²) in [6, 6.07) is 13.3. The van der Waals surface area contributed by atoms with Crippen LogP contribution in [0, 0.1) is 0 Å². The lowest BCUT2D eigenvalue weighted by Crippen LogP contribution is -2.49. The third-order valence-electron chi connectivity index (χ3n) is 5.03. The van der Waals surface area contributed by atoms with E-state index in [4.69, 9.17) is 22.1 Å². The van der Waals surface area contributed by atoms with Crippen LogP contribution >= 0.6 is 27.5 Å². The zero-order valence-corrected chi connectivity index (χ0v) is 20.0. The Morgan fingerprint density at radius 2 is 1.73 bits per heavy atom. The van der Waals surface area contributed by atoms with E-state index in [-0.39, 0.29) is 11.4 Å². The summed E-state index contributed by atoms with van der Waals surface area (Å²) in [5, 5.41) is 2.27. The van der Waals surface area contributed by atoms with Crippen molar-refractivity contribution >= 4 is 43.5 Å². The lowest BCUT2D eigenvalue weighted by Gasteiger charge is -2.24. The van der Waals surface area contributed by atoms with Gasteiger partial charge in [0, 0.05) is 22.0 Å². The van der Waals surface area contributed by atoms with Crippen LogP contribution in [-0.4, -0.2) is 37.4 Å². The van der Waals surface area contributed by atoms with Crippen molar-refractivity contribution in [2.45, 2.75) is 48.0 Å². The highest BCUT2D eigenvalue weighted by Crippen LogP contribution is 2.57. The predicted molar refractivity (Wildman–Crippen MR) is 120 cm³/mol.